The van der Waals surface area contributed by atoms with Crippen molar-refractivity contribution < 1.29 is 5.11 Å². The maximum atomic E-state index is 10.0. The van der Waals surface area contributed by atoms with Crippen molar-refractivity contribution in [2.24, 2.45) is 0 Å². The number of aliphatic hydroxyl groups is 1. The summed E-state index contributed by atoms with van der Waals surface area (Å²) >= 11 is 6.02. The van der Waals surface area contributed by atoms with E-state index in [2.05, 4.69) is 10.2 Å². The molecule has 0 amide bonds. The number of anilines is 1. The minimum Gasteiger partial charge on any atom is -0.388 e. The van der Waals surface area contributed by atoms with Crippen molar-refractivity contribution in [3.63, 3.8) is 0 Å². The van der Waals surface area contributed by atoms with E-state index in [9.17, 15) is 5.11 Å². The molecule has 1 fully saturated rings. The molecule has 17 heavy (non-hydrogen) atoms. The van der Waals surface area contributed by atoms with Gasteiger partial charge in [0.05, 0.1) is 5.60 Å². The molecule has 1 heterocycles. The van der Waals surface area contributed by atoms with Gasteiger partial charge in [-0.25, -0.2) is 0 Å². The summed E-state index contributed by atoms with van der Waals surface area (Å²) < 4.78 is 0. The van der Waals surface area contributed by atoms with Crippen molar-refractivity contribution in [2.45, 2.75) is 25.5 Å². The van der Waals surface area contributed by atoms with Gasteiger partial charge in [0.1, 0.15) is 0 Å². The lowest BCUT2D eigenvalue weighted by Gasteiger charge is -2.23. The first-order valence-electron chi connectivity index (χ1n) is 5.92. The molecular weight excluding hydrogens is 236 g/mol. The second kappa shape index (κ2) is 4.84. The van der Waals surface area contributed by atoms with Crippen molar-refractivity contribution in [2.75, 3.05) is 25.0 Å². The van der Waals surface area contributed by atoms with E-state index in [4.69, 9.17) is 11.6 Å². The zero-order chi connectivity index (χ0) is 12.5. The largest absolute Gasteiger partial charge is 0.388 e. The summed E-state index contributed by atoms with van der Waals surface area (Å²) in [6.07, 6.45) is 0.814. The summed E-state index contributed by atoms with van der Waals surface area (Å²) in [5.41, 5.74) is 1.77. The van der Waals surface area contributed by atoms with Crippen LogP contribution in [0.4, 0.5) is 5.69 Å². The molecule has 0 aliphatic carbocycles. The Hall–Kier alpha value is -0.770. The maximum absolute atomic E-state index is 10.0. The zero-order valence-corrected chi connectivity index (χ0v) is 11.1. The minimum absolute atomic E-state index is 0.573. The number of β-amino-alcohol motifs (C(OH)–C–C–N with tert-alkyl or cyclic N) is 1. The van der Waals surface area contributed by atoms with Crippen LogP contribution in [0.15, 0.2) is 18.2 Å². The first-order chi connectivity index (χ1) is 8.02. The van der Waals surface area contributed by atoms with Crippen LogP contribution in [0.5, 0.6) is 0 Å². The van der Waals surface area contributed by atoms with E-state index in [0.29, 0.717) is 6.54 Å². The van der Waals surface area contributed by atoms with E-state index in [-0.39, 0.29) is 0 Å². The fourth-order valence-electron chi connectivity index (χ4n) is 2.35. The average Bonchev–Trinajstić information content (AvgIpc) is 2.59. The molecule has 1 saturated heterocycles. The molecule has 1 unspecified atom stereocenters. The third-order valence-corrected chi connectivity index (χ3v) is 3.44. The number of hydrogen-bond donors (Lipinski definition) is 2. The van der Waals surface area contributed by atoms with Gasteiger partial charge in [0.25, 0.3) is 0 Å². The van der Waals surface area contributed by atoms with E-state index >= 15 is 0 Å². The lowest BCUT2D eigenvalue weighted by atomic mass is 10.1. The van der Waals surface area contributed by atoms with Crippen LogP contribution in [0.2, 0.25) is 5.02 Å². The molecule has 0 radical (unpaired) electrons. The fraction of sp³-hybridized carbons (Fsp3) is 0.538. The van der Waals surface area contributed by atoms with Crippen molar-refractivity contribution in [3.8, 4) is 0 Å². The predicted molar refractivity (Wildman–Crippen MR) is 71.7 cm³/mol. The number of rotatable bonds is 3. The van der Waals surface area contributed by atoms with Gasteiger partial charge >= 0.3 is 0 Å². The Bertz CT molecular complexity index is 406. The lowest BCUT2D eigenvalue weighted by molar-refractivity contribution is 0.0839. The van der Waals surface area contributed by atoms with Crippen LogP contribution in [0, 0.1) is 0 Å². The number of nitrogens with zero attached hydrogens (tertiary/aromatic N) is 1. The second-order valence-corrected chi connectivity index (χ2v) is 5.41. The Morgan fingerprint density at radius 3 is 2.88 bits per heavy atom. The number of nitrogens with one attached hydrogen (secondary N) is 1. The lowest BCUT2D eigenvalue weighted by Crippen LogP contribution is -2.30. The van der Waals surface area contributed by atoms with Crippen LogP contribution in [-0.4, -0.2) is 30.8 Å². The highest BCUT2D eigenvalue weighted by atomic mass is 35.5. The fourth-order valence-corrected chi connectivity index (χ4v) is 2.54. The molecule has 2 N–H and O–H groups in total. The summed E-state index contributed by atoms with van der Waals surface area (Å²) in [7, 11) is 1.92. The standard InChI is InChI=1S/C13H19ClN2O/c1-13(17)5-6-16(9-13)12-4-3-11(14)7-10(12)8-15-2/h3-4,7,15,17H,5-6,8-9H2,1-2H3. The van der Waals surface area contributed by atoms with Gasteiger partial charge in [0, 0.05) is 30.3 Å². The molecule has 0 saturated carbocycles. The third-order valence-electron chi connectivity index (χ3n) is 3.20. The molecule has 94 valence electrons. The molecule has 1 aliphatic heterocycles. The van der Waals surface area contributed by atoms with Gasteiger partial charge in [-0.05, 0) is 44.2 Å². The summed E-state index contributed by atoms with van der Waals surface area (Å²) in [6, 6.07) is 5.93. The zero-order valence-electron chi connectivity index (χ0n) is 10.3. The van der Waals surface area contributed by atoms with Crippen LogP contribution < -0.4 is 10.2 Å². The van der Waals surface area contributed by atoms with Gasteiger partial charge in [-0.1, -0.05) is 11.6 Å². The van der Waals surface area contributed by atoms with Crippen molar-refractivity contribution >= 4 is 17.3 Å². The summed E-state index contributed by atoms with van der Waals surface area (Å²) in [4.78, 5) is 2.23. The van der Waals surface area contributed by atoms with Crippen LogP contribution in [-0.2, 0) is 6.54 Å². The van der Waals surface area contributed by atoms with E-state index in [1.807, 2.05) is 32.2 Å². The van der Waals surface area contributed by atoms with Crippen LogP contribution >= 0.6 is 11.6 Å². The molecule has 4 heteroatoms. The van der Waals surface area contributed by atoms with Crippen LogP contribution in [0.3, 0.4) is 0 Å². The maximum Gasteiger partial charge on any atom is 0.0810 e. The molecule has 0 aromatic heterocycles. The SMILES string of the molecule is CNCc1cc(Cl)ccc1N1CCC(C)(O)C1. The second-order valence-electron chi connectivity index (χ2n) is 4.97. The molecule has 1 aliphatic rings. The summed E-state index contributed by atoms with van der Waals surface area (Å²) in [6.45, 7) is 4.26. The molecule has 3 nitrogen and oxygen atoms in total. The minimum atomic E-state index is -0.573. The van der Waals surface area contributed by atoms with Gasteiger partial charge in [0.15, 0.2) is 0 Å². The van der Waals surface area contributed by atoms with Crippen molar-refractivity contribution in [1.29, 1.82) is 0 Å². The molecule has 1 aromatic rings. The highest BCUT2D eigenvalue weighted by molar-refractivity contribution is 6.30. The smallest absolute Gasteiger partial charge is 0.0810 e. The Balaban J connectivity index is 2.26. The average molecular weight is 255 g/mol. The summed E-state index contributed by atoms with van der Waals surface area (Å²) in [5.74, 6) is 0. The Morgan fingerprint density at radius 1 is 1.53 bits per heavy atom. The first kappa shape index (κ1) is 12.7. The molecule has 1 atom stereocenters. The number of hydrogen-bond acceptors (Lipinski definition) is 3. The van der Waals surface area contributed by atoms with E-state index < -0.39 is 5.60 Å². The van der Waals surface area contributed by atoms with Crippen molar-refractivity contribution in [1.82, 2.24) is 5.32 Å². The number of halogens is 1. The normalized spacial score (nSPS) is 24.4. The van der Waals surface area contributed by atoms with Gasteiger partial charge in [0.2, 0.25) is 0 Å². The van der Waals surface area contributed by atoms with Crippen LogP contribution in [0.25, 0.3) is 0 Å². The van der Waals surface area contributed by atoms with Gasteiger partial charge < -0.3 is 15.3 Å². The Morgan fingerprint density at radius 2 is 2.29 bits per heavy atom. The van der Waals surface area contributed by atoms with Gasteiger partial charge in [-0.15, -0.1) is 0 Å². The van der Waals surface area contributed by atoms with E-state index in [1.54, 1.807) is 0 Å². The van der Waals surface area contributed by atoms with E-state index in [1.165, 1.54) is 11.3 Å². The highest BCUT2D eigenvalue weighted by Gasteiger charge is 2.32. The van der Waals surface area contributed by atoms with Gasteiger partial charge in [-0.2, -0.15) is 0 Å². The van der Waals surface area contributed by atoms with E-state index in [0.717, 1.165) is 24.5 Å². The molecule has 0 spiro atoms. The first-order valence-corrected chi connectivity index (χ1v) is 6.30. The Labute approximate surface area is 107 Å². The van der Waals surface area contributed by atoms with Gasteiger partial charge in [-0.3, -0.25) is 0 Å². The summed E-state index contributed by atoms with van der Waals surface area (Å²) in [5, 5.41) is 13.9. The topological polar surface area (TPSA) is 35.5 Å². The molecular formula is C13H19ClN2O. The third kappa shape index (κ3) is 2.92. The van der Waals surface area contributed by atoms with Crippen molar-refractivity contribution in [3.05, 3.63) is 28.8 Å². The molecule has 2 rings (SSSR count). The predicted octanol–water partition coefficient (Wildman–Crippen LogP) is 2.02. The highest BCUT2D eigenvalue weighted by Crippen LogP contribution is 2.30. The molecule has 0 bridgehead atoms. The monoisotopic (exact) mass is 254 g/mol. The Kier molecular flexibility index (Phi) is 3.61. The quantitative estimate of drug-likeness (QED) is 0.866. The van der Waals surface area contributed by atoms with Crippen LogP contribution in [0.1, 0.15) is 18.9 Å². The molecule has 1 aromatic carbocycles. The number of benzene rings is 1.